The summed E-state index contributed by atoms with van der Waals surface area (Å²) in [5.41, 5.74) is -0.0167. The van der Waals surface area contributed by atoms with Crippen molar-refractivity contribution in [1.29, 1.82) is 0 Å². The summed E-state index contributed by atoms with van der Waals surface area (Å²) in [6.45, 7) is 0. The van der Waals surface area contributed by atoms with Crippen LogP contribution in [0.2, 0.25) is 5.02 Å². The molecular weight excluding hydrogens is 320 g/mol. The maximum Gasteiger partial charge on any atom is 0.258 e. The van der Waals surface area contributed by atoms with Gasteiger partial charge in [-0.3, -0.25) is 9.00 Å². The lowest BCUT2D eigenvalue weighted by Gasteiger charge is -2.08. The van der Waals surface area contributed by atoms with E-state index in [0.717, 1.165) is 12.1 Å². The molecule has 0 radical (unpaired) electrons. The molecule has 21 heavy (non-hydrogen) atoms. The molecule has 0 bridgehead atoms. The fourth-order valence-corrected chi connectivity index (χ4v) is 2.38. The molecule has 0 unspecified atom stereocenters. The molecule has 2 aromatic rings. The van der Waals surface area contributed by atoms with Crippen molar-refractivity contribution in [2.24, 2.45) is 0 Å². The van der Waals surface area contributed by atoms with E-state index in [0.29, 0.717) is 10.6 Å². The minimum atomic E-state index is -1.21. The van der Waals surface area contributed by atoms with Gasteiger partial charge in [-0.1, -0.05) is 17.7 Å². The minimum Gasteiger partial charge on any atom is -0.322 e. The SMILES string of the molecule is C[S@@](=O)c1cccc(NC(=O)c2ccc(F)c(Cl)c2F)c1. The average molecular weight is 330 g/mol. The van der Waals surface area contributed by atoms with E-state index in [1.165, 1.54) is 12.3 Å². The normalized spacial score (nSPS) is 12.0. The Morgan fingerprint density at radius 3 is 2.62 bits per heavy atom. The molecule has 110 valence electrons. The summed E-state index contributed by atoms with van der Waals surface area (Å²) in [5.74, 6) is -2.83. The van der Waals surface area contributed by atoms with Gasteiger partial charge in [0.2, 0.25) is 0 Å². The Bertz CT molecular complexity index is 737. The molecule has 0 saturated carbocycles. The Balaban J connectivity index is 2.28. The van der Waals surface area contributed by atoms with Crippen LogP contribution in [0.1, 0.15) is 10.4 Å². The highest BCUT2D eigenvalue weighted by Crippen LogP contribution is 2.23. The van der Waals surface area contributed by atoms with E-state index in [4.69, 9.17) is 11.6 Å². The van der Waals surface area contributed by atoms with Gasteiger partial charge in [-0.15, -0.1) is 0 Å². The molecule has 0 spiro atoms. The zero-order chi connectivity index (χ0) is 15.6. The lowest BCUT2D eigenvalue weighted by Crippen LogP contribution is -2.14. The molecule has 2 rings (SSSR count). The van der Waals surface area contributed by atoms with E-state index in [9.17, 15) is 17.8 Å². The fraction of sp³-hybridized carbons (Fsp3) is 0.0714. The first kappa shape index (κ1) is 15.6. The molecule has 0 aliphatic rings. The molecule has 0 aromatic heterocycles. The quantitative estimate of drug-likeness (QED) is 0.874. The second-order valence-corrected chi connectivity index (χ2v) is 5.92. The van der Waals surface area contributed by atoms with E-state index < -0.39 is 33.4 Å². The van der Waals surface area contributed by atoms with Crippen LogP contribution in [0.15, 0.2) is 41.3 Å². The maximum atomic E-state index is 13.7. The summed E-state index contributed by atoms with van der Waals surface area (Å²) in [5, 5.41) is 1.72. The van der Waals surface area contributed by atoms with Crippen molar-refractivity contribution in [3.8, 4) is 0 Å². The molecule has 0 heterocycles. The third-order valence-corrected chi connectivity index (χ3v) is 3.97. The molecule has 0 aliphatic heterocycles. The Kier molecular flexibility index (Phi) is 4.69. The van der Waals surface area contributed by atoms with Gasteiger partial charge in [0, 0.05) is 27.6 Å². The van der Waals surface area contributed by atoms with Crippen molar-refractivity contribution in [1.82, 2.24) is 0 Å². The van der Waals surface area contributed by atoms with Gasteiger partial charge in [0.05, 0.1) is 5.56 Å². The molecule has 7 heteroatoms. The number of hydrogen-bond donors (Lipinski definition) is 1. The minimum absolute atomic E-state index is 0.354. The third kappa shape index (κ3) is 3.46. The fourth-order valence-electron chi connectivity index (χ4n) is 1.65. The highest BCUT2D eigenvalue weighted by molar-refractivity contribution is 7.84. The molecule has 3 nitrogen and oxygen atoms in total. The van der Waals surface area contributed by atoms with Crippen LogP contribution in [0.25, 0.3) is 0 Å². The van der Waals surface area contributed by atoms with Gasteiger partial charge in [-0.2, -0.15) is 0 Å². The van der Waals surface area contributed by atoms with Crippen LogP contribution in [0.5, 0.6) is 0 Å². The van der Waals surface area contributed by atoms with Crippen molar-refractivity contribution in [3.63, 3.8) is 0 Å². The van der Waals surface area contributed by atoms with Crippen molar-refractivity contribution in [2.45, 2.75) is 4.90 Å². The van der Waals surface area contributed by atoms with Crippen LogP contribution in [0, 0.1) is 11.6 Å². The third-order valence-electron chi connectivity index (χ3n) is 2.70. The lowest BCUT2D eigenvalue weighted by molar-refractivity contribution is 0.102. The number of nitrogens with one attached hydrogen (secondary N) is 1. The summed E-state index contributed by atoms with van der Waals surface area (Å²) in [6, 6.07) is 8.25. The van der Waals surface area contributed by atoms with Gasteiger partial charge >= 0.3 is 0 Å². The van der Waals surface area contributed by atoms with Crippen LogP contribution in [-0.2, 0) is 10.8 Å². The van der Waals surface area contributed by atoms with E-state index in [1.54, 1.807) is 18.2 Å². The van der Waals surface area contributed by atoms with Gasteiger partial charge in [0.25, 0.3) is 5.91 Å². The predicted octanol–water partition coefficient (Wildman–Crippen LogP) is 3.61. The highest BCUT2D eigenvalue weighted by Gasteiger charge is 2.17. The predicted molar refractivity (Wildman–Crippen MR) is 78.1 cm³/mol. The first-order valence-corrected chi connectivity index (χ1v) is 7.72. The van der Waals surface area contributed by atoms with Gasteiger partial charge in [-0.05, 0) is 30.3 Å². The van der Waals surface area contributed by atoms with E-state index in [1.807, 2.05) is 0 Å². The van der Waals surface area contributed by atoms with Crippen molar-refractivity contribution in [3.05, 3.63) is 58.6 Å². The molecule has 0 aliphatic carbocycles. The number of carbonyl (C=O) groups excluding carboxylic acids is 1. The molecular formula is C14H10ClF2NO2S. The number of benzene rings is 2. The number of hydrogen-bond acceptors (Lipinski definition) is 2. The van der Waals surface area contributed by atoms with E-state index >= 15 is 0 Å². The second kappa shape index (κ2) is 6.32. The lowest BCUT2D eigenvalue weighted by atomic mass is 10.2. The zero-order valence-electron chi connectivity index (χ0n) is 10.8. The Hall–Kier alpha value is -1.79. The number of anilines is 1. The average Bonchev–Trinajstić information content (AvgIpc) is 2.45. The van der Waals surface area contributed by atoms with Crippen LogP contribution >= 0.6 is 11.6 Å². The molecule has 1 amide bonds. The Morgan fingerprint density at radius 2 is 1.95 bits per heavy atom. The van der Waals surface area contributed by atoms with Crippen molar-refractivity contribution >= 4 is 34.0 Å². The highest BCUT2D eigenvalue weighted by atomic mass is 35.5. The molecule has 1 N–H and O–H groups in total. The van der Waals surface area contributed by atoms with E-state index in [2.05, 4.69) is 5.32 Å². The Morgan fingerprint density at radius 1 is 1.24 bits per heavy atom. The summed E-state index contributed by atoms with van der Waals surface area (Å²) >= 11 is 5.43. The maximum absolute atomic E-state index is 13.7. The first-order chi connectivity index (χ1) is 9.90. The smallest absolute Gasteiger partial charge is 0.258 e. The zero-order valence-corrected chi connectivity index (χ0v) is 12.4. The van der Waals surface area contributed by atoms with Crippen molar-refractivity contribution < 1.29 is 17.8 Å². The molecule has 0 saturated heterocycles. The largest absolute Gasteiger partial charge is 0.322 e. The van der Waals surface area contributed by atoms with E-state index in [-0.39, 0.29) is 5.56 Å². The van der Waals surface area contributed by atoms with Crippen LogP contribution in [-0.4, -0.2) is 16.4 Å². The number of carbonyl (C=O) groups is 1. The van der Waals surface area contributed by atoms with Crippen molar-refractivity contribution in [2.75, 3.05) is 11.6 Å². The number of amides is 1. The summed E-state index contributed by atoms with van der Waals surface area (Å²) in [4.78, 5) is 12.5. The van der Waals surface area contributed by atoms with Crippen LogP contribution in [0.4, 0.5) is 14.5 Å². The van der Waals surface area contributed by atoms with Gasteiger partial charge in [0.15, 0.2) is 5.82 Å². The monoisotopic (exact) mass is 329 g/mol. The summed E-state index contributed by atoms with van der Waals surface area (Å²) in [6.07, 6.45) is 1.50. The Labute approximate surface area is 127 Å². The number of rotatable bonds is 3. The van der Waals surface area contributed by atoms with Gasteiger partial charge < -0.3 is 5.32 Å². The molecule has 0 fully saturated rings. The number of halogens is 3. The molecule has 2 aromatic carbocycles. The molecule has 1 atom stereocenters. The standard InChI is InChI=1S/C14H10ClF2NO2S/c1-21(20)9-4-2-3-8(7-9)18-14(19)10-5-6-11(16)12(15)13(10)17/h2-7H,1H3,(H,18,19)/t21-/m1/s1. The van der Waals surface area contributed by atoms with Gasteiger partial charge in [-0.25, -0.2) is 8.78 Å². The summed E-state index contributed by atoms with van der Waals surface area (Å²) < 4.78 is 38.2. The first-order valence-electron chi connectivity index (χ1n) is 5.78. The topological polar surface area (TPSA) is 46.2 Å². The summed E-state index contributed by atoms with van der Waals surface area (Å²) in [7, 11) is -1.21. The van der Waals surface area contributed by atoms with Crippen LogP contribution < -0.4 is 5.32 Å². The van der Waals surface area contributed by atoms with Gasteiger partial charge in [0.1, 0.15) is 10.8 Å². The van der Waals surface area contributed by atoms with Crippen LogP contribution in [0.3, 0.4) is 0 Å². The second-order valence-electron chi connectivity index (χ2n) is 4.16.